The van der Waals surface area contributed by atoms with Gasteiger partial charge in [0.05, 0.1) is 11.2 Å². The molecule has 0 atom stereocenters. The lowest BCUT2D eigenvalue weighted by Crippen LogP contribution is -2.37. The first-order chi connectivity index (χ1) is 10.2. The summed E-state index contributed by atoms with van der Waals surface area (Å²) < 4.78 is 1.79. The van der Waals surface area contributed by atoms with Crippen molar-refractivity contribution in [3.05, 3.63) is 34.0 Å². The lowest BCUT2D eigenvalue weighted by molar-refractivity contribution is 0.764. The minimum Gasteiger partial charge on any atom is -0.356 e. The van der Waals surface area contributed by atoms with E-state index >= 15 is 0 Å². The molecule has 0 aliphatic heterocycles. The van der Waals surface area contributed by atoms with E-state index in [1.807, 2.05) is 25.6 Å². The molecule has 2 N–H and O–H groups in total. The van der Waals surface area contributed by atoms with Crippen LogP contribution in [0.25, 0.3) is 0 Å². The van der Waals surface area contributed by atoms with Crippen LogP contribution in [0.2, 0.25) is 0 Å². The lowest BCUT2D eigenvalue weighted by Gasteiger charge is -2.10. The number of rotatable bonds is 6. The van der Waals surface area contributed by atoms with Gasteiger partial charge in [0.25, 0.3) is 0 Å². The Kier molecular flexibility index (Phi) is 8.39. The molecule has 2 aromatic heterocycles. The molecule has 22 heavy (non-hydrogen) atoms. The monoisotopic (exact) mass is 434 g/mol. The van der Waals surface area contributed by atoms with E-state index in [1.165, 1.54) is 9.88 Å². The second-order valence-corrected chi connectivity index (χ2v) is 5.90. The maximum atomic E-state index is 4.41. The SMILES string of the molecule is CCc1cnc(CCNC(=NC)NCc2cnn(C)c2)s1.I. The first-order valence-corrected chi connectivity index (χ1v) is 7.88. The first kappa shape index (κ1) is 18.9. The van der Waals surface area contributed by atoms with Crippen molar-refractivity contribution in [1.82, 2.24) is 25.4 Å². The summed E-state index contributed by atoms with van der Waals surface area (Å²) in [6, 6.07) is 0. The van der Waals surface area contributed by atoms with Crippen molar-refractivity contribution in [2.75, 3.05) is 13.6 Å². The molecule has 2 rings (SSSR count). The zero-order valence-corrected chi connectivity index (χ0v) is 16.3. The summed E-state index contributed by atoms with van der Waals surface area (Å²) in [6.07, 6.45) is 7.78. The second kappa shape index (κ2) is 9.78. The van der Waals surface area contributed by atoms with Gasteiger partial charge in [0, 0.05) is 56.4 Å². The number of hydrogen-bond acceptors (Lipinski definition) is 4. The summed E-state index contributed by atoms with van der Waals surface area (Å²) in [6.45, 7) is 3.69. The number of aryl methyl sites for hydroxylation is 2. The van der Waals surface area contributed by atoms with E-state index in [0.717, 1.165) is 30.9 Å². The number of nitrogens with one attached hydrogen (secondary N) is 2. The second-order valence-electron chi connectivity index (χ2n) is 4.70. The Labute approximate surface area is 152 Å². The van der Waals surface area contributed by atoms with E-state index in [4.69, 9.17) is 0 Å². The molecule has 0 bridgehead atoms. The topological polar surface area (TPSA) is 67.1 Å². The van der Waals surface area contributed by atoms with Crippen LogP contribution in [0.4, 0.5) is 0 Å². The Balaban J connectivity index is 0.00000242. The molecule has 0 aliphatic carbocycles. The van der Waals surface area contributed by atoms with E-state index in [2.05, 4.69) is 32.6 Å². The zero-order valence-electron chi connectivity index (χ0n) is 13.2. The molecule has 0 spiro atoms. The largest absolute Gasteiger partial charge is 0.356 e. The van der Waals surface area contributed by atoms with Crippen LogP contribution in [0.5, 0.6) is 0 Å². The predicted octanol–water partition coefficient (Wildman–Crippen LogP) is 1.96. The molecule has 2 heterocycles. The molecule has 0 aliphatic rings. The van der Waals surface area contributed by atoms with E-state index < -0.39 is 0 Å². The fourth-order valence-electron chi connectivity index (χ4n) is 1.88. The predicted molar refractivity (Wildman–Crippen MR) is 102 cm³/mol. The van der Waals surface area contributed by atoms with Crippen molar-refractivity contribution in [3.8, 4) is 0 Å². The summed E-state index contributed by atoms with van der Waals surface area (Å²) in [5.74, 6) is 0.797. The number of aliphatic imine (C=N–C) groups is 1. The summed E-state index contributed by atoms with van der Waals surface area (Å²) in [7, 11) is 3.69. The lowest BCUT2D eigenvalue weighted by atomic mass is 10.3. The maximum absolute atomic E-state index is 4.41. The van der Waals surface area contributed by atoms with Gasteiger partial charge >= 0.3 is 0 Å². The summed E-state index contributed by atoms with van der Waals surface area (Å²) in [5, 5.41) is 11.9. The molecule has 0 saturated heterocycles. The Morgan fingerprint density at radius 1 is 1.36 bits per heavy atom. The van der Waals surface area contributed by atoms with Crippen LogP contribution < -0.4 is 10.6 Å². The van der Waals surface area contributed by atoms with Gasteiger partial charge in [-0.3, -0.25) is 9.67 Å². The van der Waals surface area contributed by atoms with Gasteiger partial charge in [-0.2, -0.15) is 5.10 Å². The van der Waals surface area contributed by atoms with Gasteiger partial charge in [0.1, 0.15) is 0 Å². The van der Waals surface area contributed by atoms with E-state index in [1.54, 1.807) is 23.1 Å². The number of nitrogens with zero attached hydrogens (tertiary/aromatic N) is 4. The van der Waals surface area contributed by atoms with Gasteiger partial charge in [0.2, 0.25) is 0 Å². The Morgan fingerprint density at radius 2 is 2.18 bits per heavy atom. The summed E-state index contributed by atoms with van der Waals surface area (Å²) in [5.41, 5.74) is 1.13. The van der Waals surface area contributed by atoms with Crippen LogP contribution in [0, 0.1) is 0 Å². The molecule has 6 nitrogen and oxygen atoms in total. The van der Waals surface area contributed by atoms with E-state index in [-0.39, 0.29) is 24.0 Å². The van der Waals surface area contributed by atoms with Gasteiger partial charge in [-0.25, -0.2) is 4.98 Å². The minimum atomic E-state index is 0. The zero-order chi connectivity index (χ0) is 15.1. The standard InChI is InChI=1S/C14H22N6S.HI/c1-4-12-9-17-13(21-12)5-6-16-14(15-2)18-7-11-8-19-20(3)10-11;/h8-10H,4-7H2,1-3H3,(H2,15,16,18);1H. The molecule has 0 aromatic carbocycles. The number of guanidine groups is 1. The first-order valence-electron chi connectivity index (χ1n) is 7.07. The van der Waals surface area contributed by atoms with Crippen molar-refractivity contribution in [3.63, 3.8) is 0 Å². The van der Waals surface area contributed by atoms with Crippen LogP contribution in [0.3, 0.4) is 0 Å². The third-order valence-corrected chi connectivity index (χ3v) is 4.22. The fraction of sp³-hybridized carbons (Fsp3) is 0.500. The molecule has 2 aromatic rings. The number of thiazole rings is 1. The highest BCUT2D eigenvalue weighted by Crippen LogP contribution is 2.13. The molecular weight excluding hydrogens is 411 g/mol. The quantitative estimate of drug-likeness (QED) is 0.415. The van der Waals surface area contributed by atoms with Crippen LogP contribution >= 0.6 is 35.3 Å². The third kappa shape index (κ3) is 5.91. The smallest absolute Gasteiger partial charge is 0.191 e. The van der Waals surface area contributed by atoms with Crippen molar-refractivity contribution < 1.29 is 0 Å². The Morgan fingerprint density at radius 3 is 2.77 bits per heavy atom. The van der Waals surface area contributed by atoms with Crippen LogP contribution in [-0.2, 0) is 26.4 Å². The van der Waals surface area contributed by atoms with Gasteiger partial charge < -0.3 is 10.6 Å². The average Bonchev–Trinajstić information content (AvgIpc) is 3.11. The number of hydrogen-bond donors (Lipinski definition) is 2. The minimum absolute atomic E-state index is 0. The molecule has 0 radical (unpaired) electrons. The van der Waals surface area contributed by atoms with E-state index in [0.29, 0.717) is 6.54 Å². The highest BCUT2D eigenvalue weighted by atomic mass is 127. The number of halogens is 1. The Bertz CT molecular complexity index is 592. The van der Waals surface area contributed by atoms with Gasteiger partial charge in [-0.15, -0.1) is 35.3 Å². The summed E-state index contributed by atoms with van der Waals surface area (Å²) >= 11 is 1.78. The normalized spacial score (nSPS) is 11.1. The highest BCUT2D eigenvalue weighted by molar-refractivity contribution is 14.0. The molecular formula is C14H23IN6S. The average molecular weight is 434 g/mol. The number of aromatic nitrogens is 3. The van der Waals surface area contributed by atoms with Crippen LogP contribution in [0.1, 0.15) is 22.4 Å². The van der Waals surface area contributed by atoms with Crippen LogP contribution in [0.15, 0.2) is 23.6 Å². The Hall–Kier alpha value is -1.16. The maximum Gasteiger partial charge on any atom is 0.191 e. The molecule has 0 unspecified atom stereocenters. The van der Waals surface area contributed by atoms with E-state index in [9.17, 15) is 0 Å². The summed E-state index contributed by atoms with van der Waals surface area (Å²) in [4.78, 5) is 9.96. The van der Waals surface area contributed by atoms with Gasteiger partial charge in [-0.05, 0) is 6.42 Å². The molecule has 0 amide bonds. The van der Waals surface area contributed by atoms with Crippen LogP contribution in [-0.4, -0.2) is 34.3 Å². The fourth-order valence-corrected chi connectivity index (χ4v) is 2.75. The van der Waals surface area contributed by atoms with Crippen molar-refractivity contribution in [2.24, 2.45) is 12.0 Å². The molecule has 0 saturated carbocycles. The molecule has 122 valence electrons. The van der Waals surface area contributed by atoms with Crippen molar-refractivity contribution in [2.45, 2.75) is 26.3 Å². The van der Waals surface area contributed by atoms with Crippen molar-refractivity contribution >= 4 is 41.3 Å². The third-order valence-electron chi connectivity index (χ3n) is 3.02. The highest BCUT2D eigenvalue weighted by Gasteiger charge is 2.02. The van der Waals surface area contributed by atoms with Gasteiger partial charge in [-0.1, -0.05) is 6.92 Å². The van der Waals surface area contributed by atoms with Crippen molar-refractivity contribution in [1.29, 1.82) is 0 Å². The van der Waals surface area contributed by atoms with Gasteiger partial charge in [0.15, 0.2) is 5.96 Å². The molecule has 8 heteroatoms. The molecule has 0 fully saturated rings.